The first kappa shape index (κ1) is 13.2. The molecule has 0 bridgehead atoms. The van der Waals surface area contributed by atoms with Gasteiger partial charge in [0.25, 0.3) is 5.91 Å². The summed E-state index contributed by atoms with van der Waals surface area (Å²) < 4.78 is 1.66. The highest BCUT2D eigenvalue weighted by Crippen LogP contribution is 2.21. The average Bonchev–Trinajstić information content (AvgIpc) is 2.33. The first-order chi connectivity index (χ1) is 8.58. The molecule has 0 saturated heterocycles. The molecule has 0 atom stereocenters. The van der Waals surface area contributed by atoms with Crippen molar-refractivity contribution >= 4 is 43.5 Å². The van der Waals surface area contributed by atoms with E-state index < -0.39 is 0 Å². The van der Waals surface area contributed by atoms with E-state index in [1.807, 2.05) is 25.1 Å². The summed E-state index contributed by atoms with van der Waals surface area (Å²) in [5.74, 6) is -0.229. The lowest BCUT2D eigenvalue weighted by molar-refractivity contribution is 0.102. The minimum absolute atomic E-state index is 0.229. The summed E-state index contributed by atoms with van der Waals surface area (Å²) in [5.41, 5.74) is 2.14. The van der Waals surface area contributed by atoms with Crippen molar-refractivity contribution in [3.8, 4) is 0 Å². The predicted octanol–water partition coefficient (Wildman–Crippen LogP) is 4.17. The molecule has 18 heavy (non-hydrogen) atoms. The van der Waals surface area contributed by atoms with Crippen LogP contribution in [0.1, 0.15) is 16.1 Å². The third kappa shape index (κ3) is 2.97. The maximum Gasteiger partial charge on any atom is 0.275 e. The summed E-state index contributed by atoms with van der Waals surface area (Å²) >= 11 is 6.70. The average molecular weight is 370 g/mol. The number of anilines is 1. The van der Waals surface area contributed by atoms with Crippen LogP contribution in [0.3, 0.4) is 0 Å². The van der Waals surface area contributed by atoms with Crippen LogP contribution < -0.4 is 5.32 Å². The van der Waals surface area contributed by atoms with Crippen molar-refractivity contribution in [3.63, 3.8) is 0 Å². The zero-order chi connectivity index (χ0) is 13.1. The molecule has 1 N–H and O–H groups in total. The molecule has 2 aromatic rings. The summed E-state index contributed by atoms with van der Waals surface area (Å²) in [5, 5.41) is 2.84. The molecule has 5 heteroatoms. The minimum Gasteiger partial charge on any atom is -0.320 e. The highest BCUT2D eigenvalue weighted by atomic mass is 79.9. The molecule has 92 valence electrons. The van der Waals surface area contributed by atoms with E-state index in [-0.39, 0.29) is 5.91 Å². The second-order valence-corrected chi connectivity index (χ2v) is 5.52. The molecule has 0 saturated carbocycles. The number of amides is 1. The number of pyridine rings is 1. The van der Waals surface area contributed by atoms with E-state index in [0.717, 1.165) is 15.7 Å². The molecule has 1 aromatic carbocycles. The molecule has 1 aromatic heterocycles. The van der Waals surface area contributed by atoms with Gasteiger partial charge in [0.15, 0.2) is 0 Å². The number of hydrogen-bond acceptors (Lipinski definition) is 2. The summed E-state index contributed by atoms with van der Waals surface area (Å²) in [6.07, 6.45) is 1.59. The monoisotopic (exact) mass is 368 g/mol. The summed E-state index contributed by atoms with van der Waals surface area (Å²) in [6, 6.07) is 9.25. The molecule has 0 radical (unpaired) electrons. The van der Waals surface area contributed by atoms with E-state index in [0.29, 0.717) is 10.2 Å². The Kier molecular flexibility index (Phi) is 4.14. The van der Waals surface area contributed by atoms with Crippen molar-refractivity contribution in [1.29, 1.82) is 0 Å². The molecule has 0 spiro atoms. The van der Waals surface area contributed by atoms with E-state index in [1.165, 1.54) is 0 Å². The van der Waals surface area contributed by atoms with E-state index in [4.69, 9.17) is 0 Å². The van der Waals surface area contributed by atoms with Crippen molar-refractivity contribution in [2.24, 2.45) is 0 Å². The highest BCUT2D eigenvalue weighted by molar-refractivity contribution is 9.10. The fourth-order valence-corrected chi connectivity index (χ4v) is 2.41. The summed E-state index contributed by atoms with van der Waals surface area (Å²) in [6.45, 7) is 1.94. The van der Waals surface area contributed by atoms with Crippen LogP contribution in [-0.4, -0.2) is 10.9 Å². The van der Waals surface area contributed by atoms with Crippen LogP contribution in [0.5, 0.6) is 0 Å². The fourth-order valence-electron chi connectivity index (χ4n) is 1.50. The summed E-state index contributed by atoms with van der Waals surface area (Å²) in [7, 11) is 0. The molecule has 0 fully saturated rings. The number of halogens is 2. The Morgan fingerprint density at radius 2 is 2.06 bits per heavy atom. The smallest absolute Gasteiger partial charge is 0.275 e. The molecule has 2 rings (SSSR count). The van der Waals surface area contributed by atoms with Crippen LogP contribution in [0.25, 0.3) is 0 Å². The predicted molar refractivity (Wildman–Crippen MR) is 78.8 cm³/mol. The van der Waals surface area contributed by atoms with Crippen LogP contribution in [0.2, 0.25) is 0 Å². The molecule has 1 amide bonds. The van der Waals surface area contributed by atoms with Crippen LogP contribution in [0.4, 0.5) is 5.69 Å². The SMILES string of the molecule is Cc1cc(Br)ccc1NC(=O)c1ncccc1Br. The van der Waals surface area contributed by atoms with Crippen molar-refractivity contribution in [3.05, 3.63) is 56.7 Å². The first-order valence-corrected chi connectivity index (χ1v) is 6.84. The van der Waals surface area contributed by atoms with E-state index in [2.05, 4.69) is 42.2 Å². The second-order valence-electron chi connectivity index (χ2n) is 3.75. The van der Waals surface area contributed by atoms with Crippen molar-refractivity contribution < 1.29 is 4.79 Å². The van der Waals surface area contributed by atoms with Gasteiger partial charge in [-0.1, -0.05) is 15.9 Å². The quantitative estimate of drug-likeness (QED) is 0.863. The largest absolute Gasteiger partial charge is 0.320 e. The van der Waals surface area contributed by atoms with Crippen molar-refractivity contribution in [1.82, 2.24) is 4.98 Å². The lowest BCUT2D eigenvalue weighted by Gasteiger charge is -2.09. The highest BCUT2D eigenvalue weighted by Gasteiger charge is 2.12. The number of aryl methyl sites for hydroxylation is 1. The maximum atomic E-state index is 12.1. The number of nitrogens with one attached hydrogen (secondary N) is 1. The Morgan fingerprint density at radius 1 is 1.28 bits per heavy atom. The van der Waals surface area contributed by atoms with Gasteiger partial charge in [-0.05, 0) is 58.7 Å². The lowest BCUT2D eigenvalue weighted by atomic mass is 10.2. The Balaban J connectivity index is 2.24. The van der Waals surface area contributed by atoms with Gasteiger partial charge in [-0.3, -0.25) is 4.79 Å². The second kappa shape index (κ2) is 5.63. The molecular formula is C13H10Br2N2O. The number of benzene rings is 1. The van der Waals surface area contributed by atoms with Gasteiger partial charge >= 0.3 is 0 Å². The van der Waals surface area contributed by atoms with E-state index in [1.54, 1.807) is 18.3 Å². The van der Waals surface area contributed by atoms with Gasteiger partial charge in [0.1, 0.15) is 5.69 Å². The van der Waals surface area contributed by atoms with Crippen molar-refractivity contribution in [2.45, 2.75) is 6.92 Å². The Bertz CT molecular complexity index is 599. The van der Waals surface area contributed by atoms with Gasteiger partial charge in [0, 0.05) is 20.8 Å². The van der Waals surface area contributed by atoms with Crippen molar-refractivity contribution in [2.75, 3.05) is 5.32 Å². The van der Waals surface area contributed by atoms with E-state index in [9.17, 15) is 4.79 Å². The van der Waals surface area contributed by atoms with Crippen LogP contribution in [-0.2, 0) is 0 Å². The van der Waals surface area contributed by atoms with Gasteiger partial charge in [-0.25, -0.2) is 4.98 Å². The van der Waals surface area contributed by atoms with Crippen LogP contribution >= 0.6 is 31.9 Å². The van der Waals surface area contributed by atoms with Gasteiger partial charge in [-0.2, -0.15) is 0 Å². The summed E-state index contributed by atoms with van der Waals surface area (Å²) in [4.78, 5) is 16.1. The molecule has 1 heterocycles. The molecular weight excluding hydrogens is 360 g/mol. The number of carbonyl (C=O) groups is 1. The maximum absolute atomic E-state index is 12.1. The zero-order valence-corrected chi connectivity index (χ0v) is 12.7. The Morgan fingerprint density at radius 3 is 2.72 bits per heavy atom. The third-order valence-corrected chi connectivity index (χ3v) is 3.54. The lowest BCUT2D eigenvalue weighted by Crippen LogP contribution is -2.14. The number of hydrogen-bond donors (Lipinski definition) is 1. The standard InChI is InChI=1S/C13H10Br2N2O/c1-8-7-9(14)4-5-11(8)17-13(18)12-10(15)3-2-6-16-12/h2-7H,1H3,(H,17,18). The number of rotatable bonds is 2. The topological polar surface area (TPSA) is 42.0 Å². The van der Waals surface area contributed by atoms with Crippen LogP contribution in [0.15, 0.2) is 45.5 Å². The molecule has 0 aliphatic heterocycles. The Labute approximate surface area is 122 Å². The number of nitrogens with zero attached hydrogens (tertiary/aromatic N) is 1. The Hall–Kier alpha value is -1.20. The normalized spacial score (nSPS) is 10.2. The van der Waals surface area contributed by atoms with Gasteiger partial charge in [0.2, 0.25) is 0 Å². The zero-order valence-electron chi connectivity index (χ0n) is 9.58. The van der Waals surface area contributed by atoms with Gasteiger partial charge in [-0.15, -0.1) is 0 Å². The number of aromatic nitrogens is 1. The fraction of sp³-hybridized carbons (Fsp3) is 0.0769. The van der Waals surface area contributed by atoms with Gasteiger partial charge < -0.3 is 5.32 Å². The van der Waals surface area contributed by atoms with Gasteiger partial charge in [0.05, 0.1) is 0 Å². The first-order valence-electron chi connectivity index (χ1n) is 5.26. The molecule has 0 aliphatic rings. The number of carbonyl (C=O) groups excluding carboxylic acids is 1. The van der Waals surface area contributed by atoms with E-state index >= 15 is 0 Å². The molecule has 0 aliphatic carbocycles. The minimum atomic E-state index is -0.229. The molecule has 0 unspecified atom stereocenters. The van der Waals surface area contributed by atoms with Crippen LogP contribution in [0, 0.1) is 6.92 Å². The third-order valence-electron chi connectivity index (χ3n) is 2.41. The molecule has 3 nitrogen and oxygen atoms in total.